The van der Waals surface area contributed by atoms with E-state index in [1.54, 1.807) is 6.07 Å². The summed E-state index contributed by atoms with van der Waals surface area (Å²) in [6, 6.07) is 10.3. The van der Waals surface area contributed by atoms with Crippen molar-refractivity contribution < 1.29 is 5.11 Å². The highest BCUT2D eigenvalue weighted by atomic mass is 16.3. The molecule has 5 rings (SSSR count). The van der Waals surface area contributed by atoms with Crippen molar-refractivity contribution in [2.24, 2.45) is 5.92 Å². The first kappa shape index (κ1) is 12.9. The van der Waals surface area contributed by atoms with Gasteiger partial charge in [0.1, 0.15) is 11.9 Å². The molecule has 3 atom stereocenters. The van der Waals surface area contributed by atoms with Crippen LogP contribution < -0.4 is 5.73 Å². The van der Waals surface area contributed by atoms with E-state index in [1.165, 1.54) is 11.1 Å². The Bertz CT molecular complexity index is 896. The zero-order valence-electron chi connectivity index (χ0n) is 12.5. The summed E-state index contributed by atoms with van der Waals surface area (Å²) in [6.45, 7) is 0.775. The molecular formula is C17H17N5O. The lowest BCUT2D eigenvalue weighted by Gasteiger charge is -2.34. The van der Waals surface area contributed by atoms with Crippen molar-refractivity contribution in [1.82, 2.24) is 19.3 Å². The molecule has 0 saturated carbocycles. The quantitative estimate of drug-likeness (QED) is 0.720. The minimum Gasteiger partial charge on any atom is -0.386 e. The van der Waals surface area contributed by atoms with Crippen molar-refractivity contribution in [2.75, 3.05) is 5.73 Å². The number of nitrogens with zero attached hydrogens (tertiary/aromatic N) is 4. The third-order valence-electron chi connectivity index (χ3n) is 5.14. The maximum absolute atomic E-state index is 10.9. The van der Waals surface area contributed by atoms with Crippen LogP contribution >= 0.6 is 0 Å². The SMILES string of the molecule is Nc1cc2n(n1)CCC(C1c3ccccc3-c3cncn31)C2O. The zero-order valence-corrected chi connectivity index (χ0v) is 12.5. The van der Waals surface area contributed by atoms with Crippen molar-refractivity contribution >= 4 is 5.82 Å². The van der Waals surface area contributed by atoms with Crippen LogP contribution in [0.1, 0.15) is 29.8 Å². The molecule has 6 heteroatoms. The fourth-order valence-corrected chi connectivity index (χ4v) is 4.16. The average molecular weight is 307 g/mol. The van der Waals surface area contributed by atoms with Crippen molar-refractivity contribution in [2.45, 2.75) is 25.1 Å². The maximum Gasteiger partial charge on any atom is 0.145 e. The second-order valence-corrected chi connectivity index (χ2v) is 6.33. The lowest BCUT2D eigenvalue weighted by molar-refractivity contribution is 0.0525. The number of benzene rings is 1. The first-order chi connectivity index (χ1) is 11.2. The van der Waals surface area contributed by atoms with E-state index in [4.69, 9.17) is 5.73 Å². The van der Waals surface area contributed by atoms with Crippen LogP contribution in [0.3, 0.4) is 0 Å². The molecule has 116 valence electrons. The molecule has 0 amide bonds. The topological polar surface area (TPSA) is 81.9 Å². The minimum absolute atomic E-state index is 0.0789. The van der Waals surface area contributed by atoms with E-state index in [0.717, 1.165) is 24.4 Å². The van der Waals surface area contributed by atoms with E-state index < -0.39 is 6.10 Å². The lowest BCUT2D eigenvalue weighted by Crippen LogP contribution is -2.31. The highest BCUT2D eigenvalue weighted by molar-refractivity contribution is 5.69. The predicted molar refractivity (Wildman–Crippen MR) is 85.5 cm³/mol. The number of hydrogen-bond donors (Lipinski definition) is 2. The van der Waals surface area contributed by atoms with E-state index in [-0.39, 0.29) is 12.0 Å². The normalized spacial score (nSPS) is 25.0. The van der Waals surface area contributed by atoms with Gasteiger partial charge in [-0.25, -0.2) is 4.98 Å². The largest absolute Gasteiger partial charge is 0.386 e. The molecule has 3 unspecified atom stereocenters. The van der Waals surface area contributed by atoms with Crippen LogP contribution in [-0.2, 0) is 6.54 Å². The van der Waals surface area contributed by atoms with Crippen molar-refractivity contribution in [3.05, 3.63) is 54.1 Å². The van der Waals surface area contributed by atoms with E-state index in [0.29, 0.717) is 5.82 Å². The number of aliphatic hydroxyl groups excluding tert-OH is 1. The Labute approximate surface area is 133 Å². The predicted octanol–water partition coefficient (Wildman–Crippen LogP) is 1.99. The number of aromatic nitrogens is 4. The second-order valence-electron chi connectivity index (χ2n) is 6.33. The Hall–Kier alpha value is -2.60. The summed E-state index contributed by atoms with van der Waals surface area (Å²) >= 11 is 0. The lowest BCUT2D eigenvalue weighted by atomic mass is 9.83. The van der Waals surface area contributed by atoms with Gasteiger partial charge in [0, 0.05) is 24.1 Å². The number of nitrogens with two attached hydrogens (primary N) is 1. The van der Waals surface area contributed by atoms with Crippen LogP contribution in [0.5, 0.6) is 0 Å². The Morgan fingerprint density at radius 1 is 1.26 bits per heavy atom. The molecule has 0 fully saturated rings. The Balaban J connectivity index is 1.63. The standard InChI is InChI=1S/C17H17N5O/c18-15-7-13-17(23)12(5-6-22(13)20-15)16-11-4-2-1-3-10(11)14-8-19-9-21(14)16/h1-4,7-9,12,16-17,23H,5-6H2,(H2,18,20). The van der Waals surface area contributed by atoms with Gasteiger partial charge in [-0.15, -0.1) is 0 Å². The summed E-state index contributed by atoms with van der Waals surface area (Å²) in [5.41, 5.74) is 10.2. The first-order valence-electron chi connectivity index (χ1n) is 7.86. The van der Waals surface area contributed by atoms with Gasteiger partial charge in [-0.3, -0.25) is 4.68 Å². The second kappa shape index (κ2) is 4.45. The smallest absolute Gasteiger partial charge is 0.145 e. The molecular weight excluding hydrogens is 290 g/mol. The number of aryl methyl sites for hydroxylation is 1. The molecule has 2 aliphatic rings. The number of hydrogen-bond acceptors (Lipinski definition) is 4. The molecule has 0 saturated heterocycles. The molecule has 2 aromatic heterocycles. The van der Waals surface area contributed by atoms with Crippen LogP contribution in [0, 0.1) is 5.92 Å². The summed E-state index contributed by atoms with van der Waals surface area (Å²) in [6.07, 6.45) is 4.04. The molecule has 0 aliphatic carbocycles. The van der Waals surface area contributed by atoms with Crippen LogP contribution in [0.4, 0.5) is 5.82 Å². The number of rotatable bonds is 1. The highest BCUT2D eigenvalue weighted by Crippen LogP contribution is 2.48. The molecule has 3 aromatic rings. The van der Waals surface area contributed by atoms with Crippen LogP contribution in [0.2, 0.25) is 0 Å². The monoisotopic (exact) mass is 307 g/mol. The van der Waals surface area contributed by atoms with Crippen molar-refractivity contribution in [3.63, 3.8) is 0 Å². The van der Waals surface area contributed by atoms with E-state index in [1.807, 2.05) is 23.3 Å². The van der Waals surface area contributed by atoms with E-state index >= 15 is 0 Å². The Kier molecular flexibility index (Phi) is 2.50. The molecule has 6 nitrogen and oxygen atoms in total. The van der Waals surface area contributed by atoms with Gasteiger partial charge in [0.05, 0.1) is 30.0 Å². The van der Waals surface area contributed by atoms with Crippen molar-refractivity contribution in [3.8, 4) is 11.3 Å². The summed E-state index contributed by atoms with van der Waals surface area (Å²) < 4.78 is 4.01. The van der Waals surface area contributed by atoms with Gasteiger partial charge in [0.2, 0.25) is 0 Å². The summed E-state index contributed by atoms with van der Waals surface area (Å²) in [5, 5.41) is 15.2. The minimum atomic E-state index is -0.583. The van der Waals surface area contributed by atoms with Gasteiger partial charge in [0.25, 0.3) is 0 Å². The van der Waals surface area contributed by atoms with E-state index in [9.17, 15) is 5.11 Å². The van der Waals surface area contributed by atoms with Crippen LogP contribution in [0.25, 0.3) is 11.3 Å². The molecule has 0 radical (unpaired) electrons. The molecule has 3 N–H and O–H groups in total. The van der Waals surface area contributed by atoms with Gasteiger partial charge in [0.15, 0.2) is 0 Å². The van der Waals surface area contributed by atoms with Gasteiger partial charge in [-0.1, -0.05) is 24.3 Å². The number of imidazole rings is 1. The third kappa shape index (κ3) is 1.66. The maximum atomic E-state index is 10.9. The molecule has 23 heavy (non-hydrogen) atoms. The fraction of sp³-hybridized carbons (Fsp3) is 0.294. The zero-order chi connectivity index (χ0) is 15.6. The molecule has 0 spiro atoms. The van der Waals surface area contributed by atoms with E-state index in [2.05, 4.69) is 32.8 Å². The molecule has 2 aliphatic heterocycles. The molecule has 4 heterocycles. The van der Waals surface area contributed by atoms with Crippen LogP contribution in [0.15, 0.2) is 42.9 Å². The highest BCUT2D eigenvalue weighted by Gasteiger charge is 2.41. The van der Waals surface area contributed by atoms with Crippen LogP contribution in [-0.4, -0.2) is 24.4 Å². The Morgan fingerprint density at radius 2 is 2.13 bits per heavy atom. The van der Waals surface area contributed by atoms with Crippen molar-refractivity contribution in [1.29, 1.82) is 0 Å². The third-order valence-corrected chi connectivity index (χ3v) is 5.14. The summed E-state index contributed by atoms with van der Waals surface area (Å²) in [7, 11) is 0. The number of anilines is 1. The molecule has 0 bridgehead atoms. The average Bonchev–Trinajstić information content (AvgIpc) is 3.22. The number of nitrogen functional groups attached to an aromatic ring is 1. The summed E-state index contributed by atoms with van der Waals surface area (Å²) in [4.78, 5) is 4.30. The number of aliphatic hydroxyl groups is 1. The van der Waals surface area contributed by atoms with Gasteiger partial charge >= 0.3 is 0 Å². The number of fused-ring (bicyclic) bond motifs is 4. The van der Waals surface area contributed by atoms with Gasteiger partial charge in [-0.05, 0) is 12.0 Å². The fourth-order valence-electron chi connectivity index (χ4n) is 4.16. The Morgan fingerprint density at radius 3 is 3.04 bits per heavy atom. The molecule has 1 aromatic carbocycles. The van der Waals surface area contributed by atoms with Gasteiger partial charge < -0.3 is 15.4 Å². The summed E-state index contributed by atoms with van der Waals surface area (Å²) in [5.74, 6) is 0.546. The van der Waals surface area contributed by atoms with Gasteiger partial charge in [-0.2, -0.15) is 5.10 Å². The first-order valence-corrected chi connectivity index (χ1v) is 7.86.